The summed E-state index contributed by atoms with van der Waals surface area (Å²) in [5.74, 6) is 0.714. The lowest BCUT2D eigenvalue weighted by atomic mass is 9.86. The second-order valence-corrected chi connectivity index (χ2v) is 6.54. The molecule has 0 bridgehead atoms. The van der Waals surface area contributed by atoms with E-state index in [-0.39, 0.29) is 17.2 Å². The lowest BCUT2D eigenvalue weighted by Crippen LogP contribution is -2.34. The van der Waals surface area contributed by atoms with Gasteiger partial charge >= 0.3 is 0 Å². The third kappa shape index (κ3) is 2.54. The topological polar surface area (TPSA) is 66.4 Å². The molecule has 2 aliphatic heterocycles. The molecule has 2 amide bonds. The Balaban J connectivity index is 1.50. The van der Waals surface area contributed by atoms with Gasteiger partial charge < -0.3 is 4.90 Å². The molecule has 2 aliphatic rings. The summed E-state index contributed by atoms with van der Waals surface area (Å²) < 4.78 is 0. The van der Waals surface area contributed by atoms with E-state index in [0.29, 0.717) is 37.6 Å². The Hall–Kier alpha value is -2.76. The molecule has 2 aromatic heterocycles. The number of carbonyl (C=O) groups is 2. The van der Waals surface area contributed by atoms with Crippen LogP contribution in [0.3, 0.4) is 0 Å². The summed E-state index contributed by atoms with van der Waals surface area (Å²) in [6.45, 7) is 1.88. The minimum absolute atomic E-state index is 0.0591. The van der Waals surface area contributed by atoms with Gasteiger partial charge in [0, 0.05) is 43.9 Å². The molecule has 4 rings (SSSR count). The Morgan fingerprint density at radius 3 is 2.54 bits per heavy atom. The molecule has 1 atom stereocenters. The molecule has 122 valence electrons. The minimum atomic E-state index is -0.168. The minimum Gasteiger partial charge on any atom is -0.337 e. The number of rotatable bonds is 2. The zero-order chi connectivity index (χ0) is 16.6. The van der Waals surface area contributed by atoms with Gasteiger partial charge in [-0.1, -0.05) is 12.1 Å². The fraction of sp³-hybridized carbons (Fsp3) is 0.333. The van der Waals surface area contributed by atoms with E-state index in [1.165, 1.54) is 0 Å². The number of nitrogens with zero attached hydrogens (tertiary/aromatic N) is 4. The van der Waals surface area contributed by atoms with Crippen molar-refractivity contribution in [3.05, 3.63) is 54.5 Å². The number of likely N-dealkylation sites (tertiary alicyclic amines) is 1. The van der Waals surface area contributed by atoms with E-state index < -0.39 is 0 Å². The van der Waals surface area contributed by atoms with Gasteiger partial charge in [-0.05, 0) is 30.7 Å². The third-order valence-corrected chi connectivity index (χ3v) is 4.86. The number of hydrogen-bond acceptors (Lipinski definition) is 4. The standard InChI is InChI=1S/C18H18N4O2/c23-16-11-18(13-22(16)15-6-2-4-9-20-15)7-10-21(12-18)17(24)14-5-1-3-8-19-14/h1-6,8-9H,7,10-13H2/t18-/m0/s1. The van der Waals surface area contributed by atoms with Gasteiger partial charge in [0.05, 0.1) is 0 Å². The molecular formula is C18H18N4O2. The van der Waals surface area contributed by atoms with Crippen molar-refractivity contribution in [2.45, 2.75) is 12.8 Å². The third-order valence-electron chi connectivity index (χ3n) is 4.86. The van der Waals surface area contributed by atoms with Crippen molar-refractivity contribution in [1.82, 2.24) is 14.9 Å². The van der Waals surface area contributed by atoms with Gasteiger partial charge in [-0.25, -0.2) is 4.98 Å². The molecule has 0 radical (unpaired) electrons. The van der Waals surface area contributed by atoms with E-state index in [4.69, 9.17) is 0 Å². The van der Waals surface area contributed by atoms with Crippen molar-refractivity contribution in [1.29, 1.82) is 0 Å². The molecule has 0 aliphatic carbocycles. The Kier molecular flexibility index (Phi) is 3.52. The summed E-state index contributed by atoms with van der Waals surface area (Å²) in [7, 11) is 0. The first kappa shape index (κ1) is 14.8. The van der Waals surface area contributed by atoms with E-state index in [1.807, 2.05) is 29.2 Å². The highest BCUT2D eigenvalue weighted by Gasteiger charge is 2.49. The zero-order valence-electron chi connectivity index (χ0n) is 13.3. The van der Waals surface area contributed by atoms with Gasteiger partial charge in [-0.15, -0.1) is 0 Å². The van der Waals surface area contributed by atoms with Crippen LogP contribution in [0.5, 0.6) is 0 Å². The van der Waals surface area contributed by atoms with Crippen LogP contribution in [-0.4, -0.2) is 46.3 Å². The molecule has 0 aromatic carbocycles. The molecule has 6 heteroatoms. The molecule has 24 heavy (non-hydrogen) atoms. The number of hydrogen-bond donors (Lipinski definition) is 0. The van der Waals surface area contributed by atoms with E-state index in [0.717, 1.165) is 6.42 Å². The molecule has 2 aromatic rings. The van der Waals surface area contributed by atoms with Crippen LogP contribution >= 0.6 is 0 Å². The van der Waals surface area contributed by atoms with Gasteiger partial charge in [0.1, 0.15) is 11.5 Å². The molecule has 0 N–H and O–H groups in total. The van der Waals surface area contributed by atoms with E-state index in [9.17, 15) is 9.59 Å². The monoisotopic (exact) mass is 322 g/mol. The average molecular weight is 322 g/mol. The lowest BCUT2D eigenvalue weighted by Gasteiger charge is -2.23. The lowest BCUT2D eigenvalue weighted by molar-refractivity contribution is -0.117. The van der Waals surface area contributed by atoms with Crippen LogP contribution in [-0.2, 0) is 4.79 Å². The van der Waals surface area contributed by atoms with Gasteiger partial charge in [0.25, 0.3) is 5.91 Å². The highest BCUT2D eigenvalue weighted by molar-refractivity contribution is 5.96. The van der Waals surface area contributed by atoms with Crippen LogP contribution in [0.15, 0.2) is 48.8 Å². The summed E-state index contributed by atoms with van der Waals surface area (Å²) in [6, 6.07) is 10.9. The first-order valence-corrected chi connectivity index (χ1v) is 8.09. The van der Waals surface area contributed by atoms with Crippen molar-refractivity contribution in [2.75, 3.05) is 24.5 Å². The molecule has 2 saturated heterocycles. The predicted molar refractivity (Wildman–Crippen MR) is 88.4 cm³/mol. The number of amides is 2. The largest absolute Gasteiger partial charge is 0.337 e. The van der Waals surface area contributed by atoms with Gasteiger partial charge in [0.2, 0.25) is 5.91 Å². The smallest absolute Gasteiger partial charge is 0.272 e. The highest BCUT2D eigenvalue weighted by atomic mass is 16.2. The Morgan fingerprint density at radius 1 is 1.04 bits per heavy atom. The van der Waals surface area contributed by atoms with Crippen molar-refractivity contribution >= 4 is 17.6 Å². The van der Waals surface area contributed by atoms with Crippen LogP contribution < -0.4 is 4.90 Å². The first-order valence-electron chi connectivity index (χ1n) is 8.09. The van der Waals surface area contributed by atoms with Crippen LogP contribution in [0.2, 0.25) is 0 Å². The molecule has 0 unspecified atom stereocenters. The van der Waals surface area contributed by atoms with Crippen LogP contribution in [0.25, 0.3) is 0 Å². The van der Waals surface area contributed by atoms with E-state index in [2.05, 4.69) is 9.97 Å². The molecule has 4 heterocycles. The molecule has 6 nitrogen and oxygen atoms in total. The van der Waals surface area contributed by atoms with E-state index in [1.54, 1.807) is 29.4 Å². The normalized spacial score (nSPS) is 23.2. The van der Waals surface area contributed by atoms with E-state index >= 15 is 0 Å². The Morgan fingerprint density at radius 2 is 1.83 bits per heavy atom. The fourth-order valence-electron chi connectivity index (χ4n) is 3.65. The Bertz CT molecular complexity index is 765. The van der Waals surface area contributed by atoms with Crippen LogP contribution in [0, 0.1) is 5.41 Å². The summed E-state index contributed by atoms with van der Waals surface area (Å²) >= 11 is 0. The Labute approximate surface area is 140 Å². The van der Waals surface area contributed by atoms with Gasteiger partial charge in [-0.3, -0.25) is 19.5 Å². The maximum absolute atomic E-state index is 12.6. The van der Waals surface area contributed by atoms with Crippen molar-refractivity contribution in [2.24, 2.45) is 5.41 Å². The fourth-order valence-corrected chi connectivity index (χ4v) is 3.65. The van der Waals surface area contributed by atoms with Crippen LogP contribution in [0.1, 0.15) is 23.3 Å². The summed E-state index contributed by atoms with van der Waals surface area (Å²) in [4.78, 5) is 37.0. The second kappa shape index (κ2) is 5.70. The summed E-state index contributed by atoms with van der Waals surface area (Å²) in [5, 5.41) is 0. The number of pyridine rings is 2. The van der Waals surface area contributed by atoms with Crippen LogP contribution in [0.4, 0.5) is 5.82 Å². The predicted octanol–water partition coefficient (Wildman–Crippen LogP) is 1.75. The summed E-state index contributed by atoms with van der Waals surface area (Å²) in [5.41, 5.74) is 0.291. The van der Waals surface area contributed by atoms with Gasteiger partial charge in [-0.2, -0.15) is 0 Å². The summed E-state index contributed by atoms with van der Waals surface area (Å²) in [6.07, 6.45) is 4.62. The molecule has 0 saturated carbocycles. The highest BCUT2D eigenvalue weighted by Crippen LogP contribution is 2.41. The van der Waals surface area contributed by atoms with Gasteiger partial charge in [0.15, 0.2) is 0 Å². The van der Waals surface area contributed by atoms with Crippen molar-refractivity contribution in [3.8, 4) is 0 Å². The zero-order valence-corrected chi connectivity index (χ0v) is 13.3. The average Bonchev–Trinajstić information content (AvgIpc) is 3.19. The number of carbonyl (C=O) groups excluding carboxylic acids is 2. The quantitative estimate of drug-likeness (QED) is 0.845. The molecular weight excluding hydrogens is 304 g/mol. The maximum atomic E-state index is 12.6. The van der Waals surface area contributed by atoms with Crippen molar-refractivity contribution < 1.29 is 9.59 Å². The first-order chi connectivity index (χ1) is 11.7. The molecule has 1 spiro atoms. The number of anilines is 1. The second-order valence-electron chi connectivity index (χ2n) is 6.54. The SMILES string of the molecule is O=C(c1ccccn1)N1CC[C@]2(CC(=O)N(c3ccccn3)C2)C1. The molecule has 2 fully saturated rings. The van der Waals surface area contributed by atoms with Crippen molar-refractivity contribution in [3.63, 3.8) is 0 Å². The maximum Gasteiger partial charge on any atom is 0.272 e. The number of aromatic nitrogens is 2.